The average molecular weight is 399 g/mol. The van der Waals surface area contributed by atoms with Crippen molar-refractivity contribution in [1.29, 1.82) is 0 Å². The van der Waals surface area contributed by atoms with Crippen molar-refractivity contribution < 1.29 is 4.79 Å². The Morgan fingerprint density at radius 2 is 1.93 bits per heavy atom. The molecule has 0 bridgehead atoms. The van der Waals surface area contributed by atoms with Crippen LogP contribution in [0.4, 0.5) is 11.5 Å². The van der Waals surface area contributed by atoms with Crippen molar-refractivity contribution in [3.63, 3.8) is 0 Å². The predicted octanol–water partition coefficient (Wildman–Crippen LogP) is 3.01. The molecule has 29 heavy (non-hydrogen) atoms. The van der Waals surface area contributed by atoms with E-state index in [1.54, 1.807) is 6.08 Å². The van der Waals surface area contributed by atoms with Crippen LogP contribution in [-0.2, 0) is 11.3 Å². The molecule has 7 nitrogen and oxygen atoms in total. The highest BCUT2D eigenvalue weighted by atomic mass is 16.2. The van der Waals surface area contributed by atoms with E-state index >= 15 is 0 Å². The van der Waals surface area contributed by atoms with Crippen molar-refractivity contribution >= 4 is 23.5 Å². The van der Waals surface area contributed by atoms with Crippen LogP contribution in [0.25, 0.3) is 6.08 Å². The molecule has 1 aromatic carbocycles. The molecule has 2 aromatic rings. The number of aromatic nitrogens is 2. The molecule has 0 aliphatic heterocycles. The number of amides is 1. The van der Waals surface area contributed by atoms with Gasteiger partial charge in [-0.3, -0.25) is 19.1 Å². The zero-order valence-electron chi connectivity index (χ0n) is 17.4. The highest BCUT2D eigenvalue weighted by molar-refractivity contribution is 6.05. The lowest BCUT2D eigenvalue weighted by molar-refractivity contribution is -0.114. The van der Waals surface area contributed by atoms with E-state index < -0.39 is 11.2 Å². The molecule has 2 rings (SSSR count). The maximum absolute atomic E-state index is 13.0. The summed E-state index contributed by atoms with van der Waals surface area (Å²) in [6.45, 7) is 6.79. The fraction of sp³-hybridized carbons (Fsp3) is 0.409. The number of aromatic amines is 1. The largest absolute Gasteiger partial charge is 0.383 e. The minimum atomic E-state index is -0.648. The van der Waals surface area contributed by atoms with Gasteiger partial charge in [0.05, 0.1) is 0 Å². The molecule has 0 atom stereocenters. The summed E-state index contributed by atoms with van der Waals surface area (Å²) in [6.07, 6.45) is 5.43. The van der Waals surface area contributed by atoms with Crippen LogP contribution in [0, 0.1) is 5.92 Å². The van der Waals surface area contributed by atoms with Gasteiger partial charge in [0.15, 0.2) is 5.69 Å². The Labute approximate surface area is 170 Å². The van der Waals surface area contributed by atoms with Gasteiger partial charge in [0.2, 0.25) is 0 Å². The summed E-state index contributed by atoms with van der Waals surface area (Å²) in [4.78, 5) is 41.4. The smallest absolute Gasteiger partial charge is 0.330 e. The van der Waals surface area contributed by atoms with Gasteiger partial charge in [0, 0.05) is 19.2 Å². The number of hydrogen-bond donors (Lipinski definition) is 2. The standard InChI is InChI=1S/C22H30N4O3/c1-4-5-14-26-20(23)19(21(28)24-22(26)29)25(15-13-16(2)3)18(27)12-11-17-9-7-6-8-10-17/h6-12,16H,4-5,13-15,23H2,1-3H3,(H,24,28,29). The second-order valence-corrected chi connectivity index (χ2v) is 7.41. The third kappa shape index (κ3) is 5.94. The number of nitrogens with two attached hydrogens (primary N) is 1. The van der Waals surface area contributed by atoms with E-state index in [0.29, 0.717) is 25.4 Å². The number of carbonyl (C=O) groups is 1. The van der Waals surface area contributed by atoms with Crippen molar-refractivity contribution in [2.75, 3.05) is 17.2 Å². The normalized spacial score (nSPS) is 11.3. The van der Waals surface area contributed by atoms with Gasteiger partial charge in [0.1, 0.15) is 5.82 Å². The third-order valence-corrected chi connectivity index (χ3v) is 4.63. The molecule has 0 fully saturated rings. The number of benzene rings is 1. The first-order chi connectivity index (χ1) is 13.8. The summed E-state index contributed by atoms with van der Waals surface area (Å²) < 4.78 is 1.33. The molecule has 1 aromatic heterocycles. The van der Waals surface area contributed by atoms with Gasteiger partial charge in [-0.2, -0.15) is 0 Å². The van der Waals surface area contributed by atoms with Crippen LogP contribution < -0.4 is 21.9 Å². The van der Waals surface area contributed by atoms with Crippen LogP contribution in [0.2, 0.25) is 0 Å². The van der Waals surface area contributed by atoms with Crippen LogP contribution in [0.3, 0.4) is 0 Å². The second kappa shape index (κ2) is 10.5. The van der Waals surface area contributed by atoms with Gasteiger partial charge in [-0.05, 0) is 30.4 Å². The van der Waals surface area contributed by atoms with Gasteiger partial charge in [-0.25, -0.2) is 4.79 Å². The molecule has 0 radical (unpaired) electrons. The third-order valence-electron chi connectivity index (χ3n) is 4.63. The van der Waals surface area contributed by atoms with E-state index in [-0.39, 0.29) is 17.4 Å². The average Bonchev–Trinajstić information content (AvgIpc) is 2.69. The lowest BCUT2D eigenvalue weighted by Crippen LogP contribution is -2.41. The Morgan fingerprint density at radius 1 is 1.24 bits per heavy atom. The Balaban J connectivity index is 2.46. The van der Waals surface area contributed by atoms with Gasteiger partial charge < -0.3 is 10.6 Å². The summed E-state index contributed by atoms with van der Waals surface area (Å²) in [7, 11) is 0. The van der Waals surface area contributed by atoms with Gasteiger partial charge in [-0.15, -0.1) is 0 Å². The van der Waals surface area contributed by atoms with Crippen molar-refractivity contribution in [3.05, 3.63) is 62.8 Å². The first-order valence-corrected chi connectivity index (χ1v) is 10.0. The fourth-order valence-corrected chi connectivity index (χ4v) is 2.92. The molecule has 0 aliphatic rings. The van der Waals surface area contributed by atoms with Crippen LogP contribution in [0.1, 0.15) is 45.6 Å². The van der Waals surface area contributed by atoms with Crippen molar-refractivity contribution in [3.8, 4) is 0 Å². The summed E-state index contributed by atoms with van der Waals surface area (Å²) in [5.74, 6) is -0.000448. The van der Waals surface area contributed by atoms with Crippen LogP contribution in [-0.4, -0.2) is 22.0 Å². The van der Waals surface area contributed by atoms with E-state index in [1.807, 2.05) is 51.1 Å². The Kier molecular flexibility index (Phi) is 8.00. The van der Waals surface area contributed by atoms with E-state index in [1.165, 1.54) is 15.5 Å². The summed E-state index contributed by atoms with van der Waals surface area (Å²) in [5, 5.41) is 0. The summed E-state index contributed by atoms with van der Waals surface area (Å²) >= 11 is 0. The number of rotatable bonds is 9. The number of hydrogen-bond acceptors (Lipinski definition) is 4. The zero-order chi connectivity index (χ0) is 21.4. The van der Waals surface area contributed by atoms with Crippen LogP contribution in [0.5, 0.6) is 0 Å². The quantitative estimate of drug-likeness (QED) is 0.634. The Bertz CT molecular complexity index is 958. The van der Waals surface area contributed by atoms with Crippen molar-refractivity contribution in [2.45, 2.75) is 46.6 Å². The summed E-state index contributed by atoms with van der Waals surface area (Å²) in [5.41, 5.74) is 5.91. The van der Waals surface area contributed by atoms with Crippen molar-refractivity contribution in [2.24, 2.45) is 5.92 Å². The maximum atomic E-state index is 13.0. The van der Waals surface area contributed by atoms with E-state index in [0.717, 1.165) is 18.4 Å². The Morgan fingerprint density at radius 3 is 2.55 bits per heavy atom. The molecule has 0 aliphatic carbocycles. The minimum absolute atomic E-state index is 0.0254. The number of H-pyrrole nitrogens is 1. The van der Waals surface area contributed by atoms with E-state index in [9.17, 15) is 14.4 Å². The maximum Gasteiger partial charge on any atom is 0.330 e. The predicted molar refractivity (Wildman–Crippen MR) is 118 cm³/mol. The molecule has 0 unspecified atom stereocenters. The second-order valence-electron chi connectivity index (χ2n) is 7.41. The minimum Gasteiger partial charge on any atom is -0.383 e. The monoisotopic (exact) mass is 398 g/mol. The van der Waals surface area contributed by atoms with Gasteiger partial charge >= 0.3 is 5.69 Å². The molecule has 0 spiro atoms. The van der Waals surface area contributed by atoms with Gasteiger partial charge in [-0.1, -0.05) is 57.5 Å². The van der Waals surface area contributed by atoms with E-state index in [4.69, 9.17) is 5.73 Å². The molecule has 1 amide bonds. The SMILES string of the molecule is CCCCn1c(N)c(N(CCC(C)C)C(=O)C=Cc2ccccc2)c(=O)[nH]c1=O. The fourth-order valence-electron chi connectivity index (χ4n) is 2.92. The lowest BCUT2D eigenvalue weighted by Gasteiger charge is -2.24. The van der Waals surface area contributed by atoms with Crippen LogP contribution in [0.15, 0.2) is 46.0 Å². The first kappa shape index (κ1) is 22.2. The zero-order valence-corrected chi connectivity index (χ0v) is 17.4. The van der Waals surface area contributed by atoms with Gasteiger partial charge in [0.25, 0.3) is 11.5 Å². The highest BCUT2D eigenvalue weighted by Crippen LogP contribution is 2.19. The number of nitrogen functional groups attached to an aromatic ring is 1. The first-order valence-electron chi connectivity index (χ1n) is 10.0. The topological polar surface area (TPSA) is 101 Å². The van der Waals surface area contributed by atoms with E-state index in [2.05, 4.69) is 4.98 Å². The number of nitrogens with one attached hydrogen (secondary N) is 1. The molecule has 156 valence electrons. The molecular weight excluding hydrogens is 368 g/mol. The number of anilines is 2. The summed E-state index contributed by atoms with van der Waals surface area (Å²) in [6, 6.07) is 9.43. The highest BCUT2D eigenvalue weighted by Gasteiger charge is 2.23. The number of carbonyl (C=O) groups excluding carboxylic acids is 1. The van der Waals surface area contributed by atoms with Crippen LogP contribution >= 0.6 is 0 Å². The molecule has 1 heterocycles. The number of nitrogens with zero attached hydrogens (tertiary/aromatic N) is 2. The Hall–Kier alpha value is -3.09. The number of unbranched alkanes of at least 4 members (excludes halogenated alkanes) is 1. The molecule has 7 heteroatoms. The lowest BCUT2D eigenvalue weighted by atomic mass is 10.1. The molecule has 0 saturated heterocycles. The van der Waals surface area contributed by atoms with Crippen molar-refractivity contribution in [1.82, 2.24) is 9.55 Å². The molecular formula is C22H30N4O3. The molecule has 3 N–H and O–H groups in total. The molecule has 0 saturated carbocycles.